The second-order valence-corrected chi connectivity index (χ2v) is 8.78. The predicted octanol–water partition coefficient (Wildman–Crippen LogP) is 2.74. The first kappa shape index (κ1) is 23.8. The van der Waals surface area contributed by atoms with Gasteiger partial charge < -0.3 is 14.5 Å². The van der Waals surface area contributed by atoms with E-state index in [4.69, 9.17) is 0 Å². The van der Waals surface area contributed by atoms with Crippen LogP contribution < -0.4 is 14.4 Å². The maximum absolute atomic E-state index is 13.0. The third-order valence-corrected chi connectivity index (χ3v) is 6.30. The minimum Gasteiger partial charge on any atom is -0.406 e. The van der Waals surface area contributed by atoms with Crippen LogP contribution in [0.2, 0.25) is 0 Å². The molecule has 32 heavy (non-hydrogen) atoms. The van der Waals surface area contributed by atoms with Gasteiger partial charge in [-0.3, -0.25) is 4.79 Å². The number of halogens is 4. The summed E-state index contributed by atoms with van der Waals surface area (Å²) in [6.45, 7) is 1.87. The molecule has 1 heterocycles. The Morgan fingerprint density at radius 1 is 0.969 bits per heavy atom. The van der Waals surface area contributed by atoms with Crippen LogP contribution in [0.5, 0.6) is 5.75 Å². The van der Waals surface area contributed by atoms with Gasteiger partial charge in [-0.2, -0.15) is 0 Å². The van der Waals surface area contributed by atoms with E-state index in [0.29, 0.717) is 26.2 Å². The van der Waals surface area contributed by atoms with E-state index in [1.807, 2.05) is 4.90 Å². The first-order valence-corrected chi connectivity index (χ1v) is 11.2. The van der Waals surface area contributed by atoms with E-state index in [9.17, 15) is 30.8 Å². The standard InChI is InChI=1S/C20H21F4N3O4S/c21-15-1-3-16(4-2-15)26-11-13-27(14-12-26)19(28)9-10-25-32(29,30)18-7-5-17(6-8-18)31-20(22,23)24/h1-8,25H,9-14H2. The lowest BCUT2D eigenvalue weighted by molar-refractivity contribution is -0.274. The molecule has 1 amide bonds. The van der Waals surface area contributed by atoms with Gasteiger partial charge in [0, 0.05) is 44.8 Å². The molecular weight excluding hydrogens is 454 g/mol. The van der Waals surface area contributed by atoms with Crippen molar-refractivity contribution >= 4 is 21.6 Å². The lowest BCUT2D eigenvalue weighted by atomic mass is 10.2. The molecule has 0 radical (unpaired) electrons. The van der Waals surface area contributed by atoms with Crippen LogP contribution in [0.4, 0.5) is 23.2 Å². The summed E-state index contributed by atoms with van der Waals surface area (Å²) >= 11 is 0. The van der Waals surface area contributed by atoms with Crippen LogP contribution >= 0.6 is 0 Å². The second kappa shape index (κ2) is 9.74. The summed E-state index contributed by atoms with van der Waals surface area (Å²) in [5, 5.41) is 0. The normalized spacial score (nSPS) is 15.0. The van der Waals surface area contributed by atoms with E-state index >= 15 is 0 Å². The summed E-state index contributed by atoms with van der Waals surface area (Å²) in [5.41, 5.74) is 0.859. The van der Waals surface area contributed by atoms with Crippen LogP contribution in [-0.4, -0.2) is 58.3 Å². The molecule has 7 nitrogen and oxygen atoms in total. The summed E-state index contributed by atoms with van der Waals surface area (Å²) in [7, 11) is -3.99. The van der Waals surface area contributed by atoms with E-state index in [2.05, 4.69) is 9.46 Å². The molecular formula is C20H21F4N3O4S. The molecule has 1 N–H and O–H groups in total. The number of benzene rings is 2. The third-order valence-electron chi connectivity index (χ3n) is 4.82. The van der Waals surface area contributed by atoms with Gasteiger partial charge in [0.1, 0.15) is 11.6 Å². The number of nitrogens with zero attached hydrogens (tertiary/aromatic N) is 2. The smallest absolute Gasteiger partial charge is 0.406 e. The highest BCUT2D eigenvalue weighted by molar-refractivity contribution is 7.89. The van der Waals surface area contributed by atoms with Gasteiger partial charge in [0.25, 0.3) is 0 Å². The van der Waals surface area contributed by atoms with E-state index < -0.39 is 22.1 Å². The zero-order valence-electron chi connectivity index (χ0n) is 16.8. The molecule has 0 bridgehead atoms. The molecule has 0 aliphatic carbocycles. The molecule has 0 saturated carbocycles. The highest BCUT2D eigenvalue weighted by Gasteiger charge is 2.31. The molecule has 1 aliphatic heterocycles. The first-order valence-electron chi connectivity index (χ1n) is 9.67. The number of alkyl halides is 3. The van der Waals surface area contributed by atoms with Crippen molar-refractivity contribution in [1.82, 2.24) is 9.62 Å². The average Bonchev–Trinajstić information content (AvgIpc) is 2.73. The number of piperazine rings is 1. The third kappa shape index (κ3) is 6.57. The van der Waals surface area contributed by atoms with Gasteiger partial charge >= 0.3 is 6.36 Å². The lowest BCUT2D eigenvalue weighted by Crippen LogP contribution is -2.49. The van der Waals surface area contributed by atoms with Crippen LogP contribution in [0.25, 0.3) is 0 Å². The van der Waals surface area contributed by atoms with Crippen LogP contribution in [-0.2, 0) is 14.8 Å². The number of rotatable bonds is 7. The molecule has 2 aromatic carbocycles. The van der Waals surface area contributed by atoms with Gasteiger partial charge in [0.15, 0.2) is 0 Å². The highest BCUT2D eigenvalue weighted by Crippen LogP contribution is 2.24. The molecule has 0 atom stereocenters. The van der Waals surface area contributed by atoms with Gasteiger partial charge in [-0.05, 0) is 48.5 Å². The van der Waals surface area contributed by atoms with Gasteiger partial charge in [-0.1, -0.05) is 0 Å². The Kier molecular flexibility index (Phi) is 7.24. The number of hydrogen-bond donors (Lipinski definition) is 1. The van der Waals surface area contributed by atoms with Crippen molar-refractivity contribution in [2.75, 3.05) is 37.6 Å². The molecule has 174 valence electrons. The Hall–Kier alpha value is -2.86. The van der Waals surface area contributed by atoms with E-state index in [1.54, 1.807) is 17.0 Å². The maximum Gasteiger partial charge on any atom is 0.573 e. The molecule has 0 aromatic heterocycles. The predicted molar refractivity (Wildman–Crippen MR) is 108 cm³/mol. The van der Waals surface area contributed by atoms with E-state index in [0.717, 1.165) is 30.0 Å². The van der Waals surface area contributed by atoms with Crippen molar-refractivity contribution in [3.63, 3.8) is 0 Å². The first-order chi connectivity index (χ1) is 15.0. The van der Waals surface area contributed by atoms with Gasteiger partial charge in [0.05, 0.1) is 4.90 Å². The fourth-order valence-corrected chi connectivity index (χ4v) is 4.25. The van der Waals surface area contributed by atoms with Crippen LogP contribution in [0.1, 0.15) is 6.42 Å². The van der Waals surface area contributed by atoms with Crippen molar-refractivity contribution in [2.45, 2.75) is 17.7 Å². The molecule has 1 saturated heterocycles. The van der Waals surface area contributed by atoms with Crippen LogP contribution in [0.3, 0.4) is 0 Å². The Balaban J connectivity index is 1.45. The van der Waals surface area contributed by atoms with Gasteiger partial charge in [-0.25, -0.2) is 17.5 Å². The number of amides is 1. The highest BCUT2D eigenvalue weighted by atomic mass is 32.2. The maximum atomic E-state index is 13.0. The Morgan fingerprint density at radius 2 is 1.56 bits per heavy atom. The molecule has 1 aliphatic rings. The fourth-order valence-electron chi connectivity index (χ4n) is 3.22. The number of sulfonamides is 1. The molecule has 3 rings (SSSR count). The van der Waals surface area contributed by atoms with Gasteiger partial charge in [-0.15, -0.1) is 13.2 Å². The number of carbonyl (C=O) groups excluding carboxylic acids is 1. The summed E-state index contributed by atoms with van der Waals surface area (Å²) in [6, 6.07) is 9.85. The Labute approximate surface area is 182 Å². The van der Waals surface area contributed by atoms with Crippen molar-refractivity contribution < 1.29 is 35.5 Å². The topological polar surface area (TPSA) is 78.9 Å². The monoisotopic (exact) mass is 475 g/mol. The number of carbonyl (C=O) groups is 1. The minimum absolute atomic E-state index is 0.0644. The zero-order valence-corrected chi connectivity index (χ0v) is 17.6. The van der Waals surface area contributed by atoms with Crippen molar-refractivity contribution in [3.8, 4) is 5.75 Å². The summed E-state index contributed by atoms with van der Waals surface area (Å²) < 4.78 is 80.1. The summed E-state index contributed by atoms with van der Waals surface area (Å²) in [4.78, 5) is 15.8. The van der Waals surface area contributed by atoms with Crippen LogP contribution in [0, 0.1) is 5.82 Å². The summed E-state index contributed by atoms with van der Waals surface area (Å²) in [6.07, 6.45) is -4.94. The van der Waals surface area contributed by atoms with E-state index in [-0.39, 0.29) is 29.6 Å². The zero-order chi connectivity index (χ0) is 23.4. The second-order valence-electron chi connectivity index (χ2n) is 7.01. The van der Waals surface area contributed by atoms with Crippen molar-refractivity contribution in [3.05, 3.63) is 54.3 Å². The molecule has 2 aromatic rings. The molecule has 0 spiro atoms. The van der Waals surface area contributed by atoms with E-state index in [1.165, 1.54) is 12.1 Å². The SMILES string of the molecule is O=C(CCNS(=O)(=O)c1ccc(OC(F)(F)F)cc1)N1CCN(c2ccc(F)cc2)CC1. The summed E-state index contributed by atoms with van der Waals surface area (Å²) in [5.74, 6) is -1.08. The number of hydrogen-bond acceptors (Lipinski definition) is 5. The number of anilines is 1. The lowest BCUT2D eigenvalue weighted by Gasteiger charge is -2.36. The quantitative estimate of drug-likeness (QED) is 0.624. The molecule has 12 heteroatoms. The number of ether oxygens (including phenoxy) is 1. The number of nitrogens with one attached hydrogen (secondary N) is 1. The van der Waals surface area contributed by atoms with Gasteiger partial charge in [0.2, 0.25) is 15.9 Å². The Bertz CT molecular complexity index is 1020. The molecule has 1 fully saturated rings. The largest absolute Gasteiger partial charge is 0.573 e. The van der Waals surface area contributed by atoms with Crippen molar-refractivity contribution in [2.24, 2.45) is 0 Å². The Morgan fingerprint density at radius 3 is 2.12 bits per heavy atom. The molecule has 0 unspecified atom stereocenters. The van der Waals surface area contributed by atoms with Crippen LogP contribution in [0.15, 0.2) is 53.4 Å². The van der Waals surface area contributed by atoms with Crippen molar-refractivity contribution in [1.29, 1.82) is 0 Å². The average molecular weight is 475 g/mol. The minimum atomic E-state index is -4.87. The fraction of sp³-hybridized carbons (Fsp3) is 0.350.